The number of unbranched alkanes of at least 4 members (excludes halogenated alkanes) is 3. The predicted octanol–water partition coefficient (Wildman–Crippen LogP) is 9.33. The van der Waals surface area contributed by atoms with Crippen LogP contribution in [-0.2, 0) is 10.2 Å². The lowest BCUT2D eigenvalue weighted by atomic mass is 9.76. The number of benzene rings is 1. The Bertz CT molecular complexity index is 1320. The molecule has 6 heteroatoms. The fourth-order valence-corrected chi connectivity index (χ4v) is 7.12. The molecule has 0 amide bonds. The SMILES string of the molecule is [C-]#[N+]C(=Cc1ccc(-c2ccc(-c3ccc4c(c3)C(C)(C)CCN4C(C)CCCCCC)s2)s1)C(=O)O. The molecule has 1 unspecified atom stereocenters. The van der Waals surface area contributed by atoms with Gasteiger partial charge in [-0.2, -0.15) is 0 Å². The molecular formula is C31H36N2O2S2. The van der Waals surface area contributed by atoms with Crippen LogP contribution in [0, 0.1) is 6.57 Å². The summed E-state index contributed by atoms with van der Waals surface area (Å²) in [6, 6.07) is 15.8. The first-order valence-electron chi connectivity index (χ1n) is 13.2. The number of rotatable bonds is 10. The van der Waals surface area contributed by atoms with Crippen molar-refractivity contribution < 1.29 is 9.90 Å². The molecule has 0 saturated carbocycles. The predicted molar refractivity (Wildman–Crippen MR) is 158 cm³/mol. The van der Waals surface area contributed by atoms with E-state index in [-0.39, 0.29) is 11.1 Å². The number of aliphatic carboxylic acids is 1. The molecule has 1 aromatic carbocycles. The van der Waals surface area contributed by atoms with Gasteiger partial charge in [-0.05, 0) is 78.8 Å². The number of anilines is 1. The van der Waals surface area contributed by atoms with Gasteiger partial charge in [-0.3, -0.25) is 4.79 Å². The highest BCUT2D eigenvalue weighted by Crippen LogP contribution is 2.45. The average molecular weight is 533 g/mol. The van der Waals surface area contributed by atoms with Crippen molar-refractivity contribution in [3.63, 3.8) is 0 Å². The van der Waals surface area contributed by atoms with Crippen molar-refractivity contribution >= 4 is 40.4 Å². The highest BCUT2D eigenvalue weighted by atomic mass is 32.1. The Kier molecular flexibility index (Phi) is 8.56. The summed E-state index contributed by atoms with van der Waals surface area (Å²) < 4.78 is 0. The lowest BCUT2D eigenvalue weighted by Gasteiger charge is -2.43. The summed E-state index contributed by atoms with van der Waals surface area (Å²) in [5, 5.41) is 9.13. The number of fused-ring (bicyclic) bond motifs is 1. The van der Waals surface area contributed by atoms with E-state index in [0.717, 1.165) is 27.6 Å². The van der Waals surface area contributed by atoms with Crippen LogP contribution in [0.4, 0.5) is 5.69 Å². The minimum absolute atomic E-state index is 0.142. The summed E-state index contributed by atoms with van der Waals surface area (Å²) in [6.07, 6.45) is 9.09. The van der Waals surface area contributed by atoms with Gasteiger partial charge in [-0.1, -0.05) is 52.5 Å². The zero-order valence-electron chi connectivity index (χ0n) is 22.2. The molecule has 2 aromatic heterocycles. The number of hydrogen-bond acceptors (Lipinski definition) is 4. The first-order valence-corrected chi connectivity index (χ1v) is 14.8. The van der Waals surface area contributed by atoms with Crippen LogP contribution in [0.15, 0.2) is 48.2 Å². The molecule has 1 aliphatic rings. The topological polar surface area (TPSA) is 44.9 Å². The van der Waals surface area contributed by atoms with Crippen LogP contribution >= 0.6 is 22.7 Å². The molecule has 194 valence electrons. The molecule has 0 radical (unpaired) electrons. The Balaban J connectivity index is 1.57. The third-order valence-electron chi connectivity index (χ3n) is 7.40. The van der Waals surface area contributed by atoms with Crippen molar-refractivity contribution in [2.45, 2.75) is 77.7 Å². The zero-order chi connectivity index (χ0) is 26.6. The minimum Gasteiger partial charge on any atom is -0.486 e. The van der Waals surface area contributed by atoms with Gasteiger partial charge in [0.1, 0.15) is 0 Å². The number of carboxylic acids is 1. The minimum atomic E-state index is -1.19. The number of thiophene rings is 2. The van der Waals surface area contributed by atoms with Gasteiger partial charge >= 0.3 is 5.97 Å². The van der Waals surface area contributed by atoms with E-state index in [4.69, 9.17) is 11.7 Å². The molecule has 0 spiro atoms. The van der Waals surface area contributed by atoms with Crippen LogP contribution < -0.4 is 4.90 Å². The van der Waals surface area contributed by atoms with Crippen LogP contribution in [0.3, 0.4) is 0 Å². The number of hydrogen-bond donors (Lipinski definition) is 1. The summed E-state index contributed by atoms with van der Waals surface area (Å²) in [6.45, 7) is 17.6. The van der Waals surface area contributed by atoms with Gasteiger partial charge in [0.2, 0.25) is 0 Å². The fraction of sp³-hybridized carbons (Fsp3) is 0.419. The van der Waals surface area contributed by atoms with Crippen LogP contribution in [0.1, 0.15) is 76.7 Å². The third-order valence-corrected chi connectivity index (χ3v) is 9.76. The normalized spacial score (nSPS) is 15.8. The van der Waals surface area contributed by atoms with Gasteiger partial charge in [0.15, 0.2) is 0 Å². The summed E-state index contributed by atoms with van der Waals surface area (Å²) >= 11 is 3.27. The van der Waals surface area contributed by atoms with E-state index in [9.17, 15) is 4.79 Å². The molecule has 0 aliphatic carbocycles. The molecule has 0 saturated heterocycles. The molecule has 3 heterocycles. The first kappa shape index (κ1) is 27.2. The van der Waals surface area contributed by atoms with Crippen molar-refractivity contribution in [2.24, 2.45) is 0 Å². The van der Waals surface area contributed by atoms with Crippen molar-refractivity contribution in [3.05, 3.63) is 70.0 Å². The lowest BCUT2D eigenvalue weighted by molar-refractivity contribution is -0.132. The second kappa shape index (κ2) is 11.7. The highest BCUT2D eigenvalue weighted by Gasteiger charge is 2.33. The van der Waals surface area contributed by atoms with E-state index in [1.807, 2.05) is 12.1 Å². The van der Waals surface area contributed by atoms with Gasteiger partial charge in [-0.15, -0.1) is 22.7 Å². The maximum atomic E-state index is 11.2. The molecule has 37 heavy (non-hydrogen) atoms. The summed E-state index contributed by atoms with van der Waals surface area (Å²) in [4.78, 5) is 21.2. The Morgan fingerprint density at radius 2 is 1.84 bits per heavy atom. The van der Waals surface area contributed by atoms with Crippen molar-refractivity contribution in [2.75, 3.05) is 11.4 Å². The molecule has 4 nitrogen and oxygen atoms in total. The number of carboxylic acid groups (broad SMARTS) is 1. The van der Waals surface area contributed by atoms with E-state index in [0.29, 0.717) is 6.04 Å². The second-order valence-corrected chi connectivity index (χ2v) is 12.8. The quantitative estimate of drug-likeness (QED) is 0.161. The van der Waals surface area contributed by atoms with Crippen LogP contribution in [-0.4, -0.2) is 23.7 Å². The molecule has 1 aliphatic heterocycles. The van der Waals surface area contributed by atoms with Crippen LogP contribution in [0.25, 0.3) is 31.1 Å². The monoisotopic (exact) mass is 532 g/mol. The van der Waals surface area contributed by atoms with Gasteiger partial charge in [0.25, 0.3) is 5.70 Å². The molecule has 1 atom stereocenters. The van der Waals surface area contributed by atoms with Crippen molar-refractivity contribution in [1.29, 1.82) is 0 Å². The van der Waals surface area contributed by atoms with Gasteiger partial charge in [0, 0.05) is 37.8 Å². The van der Waals surface area contributed by atoms with E-state index in [1.54, 1.807) is 11.3 Å². The van der Waals surface area contributed by atoms with Gasteiger partial charge in [0.05, 0.1) is 6.57 Å². The van der Waals surface area contributed by atoms with Gasteiger partial charge in [-0.25, -0.2) is 4.85 Å². The fourth-order valence-electron chi connectivity index (χ4n) is 5.08. The van der Waals surface area contributed by atoms with Crippen molar-refractivity contribution in [3.8, 4) is 20.2 Å². The van der Waals surface area contributed by atoms with E-state index < -0.39 is 5.97 Å². The largest absolute Gasteiger partial charge is 0.486 e. The second-order valence-electron chi connectivity index (χ2n) is 10.6. The molecule has 1 N–H and O–H groups in total. The molecule has 0 fully saturated rings. The highest BCUT2D eigenvalue weighted by molar-refractivity contribution is 7.24. The van der Waals surface area contributed by atoms with Crippen molar-refractivity contribution in [1.82, 2.24) is 0 Å². The Hall–Kier alpha value is -2.88. The first-order chi connectivity index (χ1) is 17.7. The molecule has 3 aromatic rings. The average Bonchev–Trinajstić information content (AvgIpc) is 3.55. The lowest BCUT2D eigenvalue weighted by Crippen LogP contribution is -2.42. The number of nitrogens with zero attached hydrogens (tertiary/aromatic N) is 2. The van der Waals surface area contributed by atoms with Crippen LogP contribution in [0.5, 0.6) is 0 Å². The zero-order valence-corrected chi connectivity index (χ0v) is 23.8. The van der Waals surface area contributed by atoms with Gasteiger partial charge < -0.3 is 10.0 Å². The Morgan fingerprint density at radius 1 is 1.11 bits per heavy atom. The van der Waals surface area contributed by atoms with E-state index in [1.165, 1.54) is 71.2 Å². The molecular weight excluding hydrogens is 496 g/mol. The van der Waals surface area contributed by atoms with E-state index >= 15 is 0 Å². The Morgan fingerprint density at radius 3 is 2.57 bits per heavy atom. The summed E-state index contributed by atoms with van der Waals surface area (Å²) in [5.74, 6) is -1.19. The molecule has 0 bridgehead atoms. The number of carbonyl (C=O) groups is 1. The van der Waals surface area contributed by atoms with Crippen LogP contribution in [0.2, 0.25) is 0 Å². The van der Waals surface area contributed by atoms with E-state index in [2.05, 4.69) is 67.8 Å². The Labute approximate surface area is 229 Å². The molecule has 4 rings (SSSR count). The maximum Gasteiger partial charge on any atom is 0.333 e. The summed E-state index contributed by atoms with van der Waals surface area (Å²) in [5.41, 5.74) is 3.96. The smallest absolute Gasteiger partial charge is 0.333 e. The summed E-state index contributed by atoms with van der Waals surface area (Å²) in [7, 11) is 0. The standard InChI is InChI=1S/C31H36N2O2S2/c1-6-7-8-9-10-21(2)33-18-17-31(3,4)24-19-22(11-13-26(24)33)27-15-16-29(37-27)28-14-12-23(36-28)20-25(32-5)30(34)35/h11-16,19-21H,6-10,17-18H2,1-4H3,(H,34,35). The third kappa shape index (κ3) is 6.17. The maximum absolute atomic E-state index is 11.2.